The second-order valence-electron chi connectivity index (χ2n) is 11.3. The maximum Gasteiger partial charge on any atom is 0.410 e. The average Bonchev–Trinajstić information content (AvgIpc) is 3.53. The van der Waals surface area contributed by atoms with Crippen LogP contribution in [0.2, 0.25) is 0 Å². The maximum absolute atomic E-state index is 14.1. The van der Waals surface area contributed by atoms with Gasteiger partial charge in [-0.05, 0) is 71.6 Å². The van der Waals surface area contributed by atoms with Gasteiger partial charge in [-0.25, -0.2) is 13.6 Å². The molecule has 6 atom stereocenters. The molecule has 1 spiro atoms. The second-order valence-corrected chi connectivity index (χ2v) is 11.3. The summed E-state index contributed by atoms with van der Waals surface area (Å²) in [6.07, 6.45) is -1.38. The maximum atomic E-state index is 14.1. The number of nitrogens with zero attached hydrogens (tertiary/aromatic N) is 1. The SMILES string of the molecule is CCC1(C)OC2C(CN(C(=O)OC(C)(C)C)C3(CC3)C2C(O)c2cc(F)cc(F)c2)OC1(C)OC. The summed E-state index contributed by atoms with van der Waals surface area (Å²) < 4.78 is 52.8. The van der Waals surface area contributed by atoms with Crippen LogP contribution < -0.4 is 0 Å². The average molecular weight is 498 g/mol. The number of benzene rings is 1. The Morgan fingerprint density at radius 3 is 2.29 bits per heavy atom. The number of amides is 1. The number of fused-ring (bicyclic) bond motifs is 1. The molecule has 0 bridgehead atoms. The van der Waals surface area contributed by atoms with Crippen molar-refractivity contribution in [2.24, 2.45) is 5.92 Å². The largest absolute Gasteiger partial charge is 0.444 e. The third kappa shape index (κ3) is 4.45. The number of hydrogen-bond acceptors (Lipinski definition) is 6. The van der Waals surface area contributed by atoms with Crippen LogP contribution in [-0.4, -0.2) is 64.5 Å². The summed E-state index contributed by atoms with van der Waals surface area (Å²) in [5, 5.41) is 11.6. The van der Waals surface area contributed by atoms with Crippen LogP contribution in [-0.2, 0) is 18.9 Å². The molecule has 9 heteroatoms. The van der Waals surface area contributed by atoms with Gasteiger partial charge in [0.1, 0.15) is 28.9 Å². The molecule has 0 aromatic heterocycles. The molecule has 1 saturated carbocycles. The molecule has 3 fully saturated rings. The Labute approximate surface area is 205 Å². The van der Waals surface area contributed by atoms with Crippen molar-refractivity contribution in [3.05, 3.63) is 35.4 Å². The van der Waals surface area contributed by atoms with Gasteiger partial charge in [0.05, 0.1) is 24.3 Å². The quantitative estimate of drug-likeness (QED) is 0.649. The lowest BCUT2D eigenvalue weighted by Crippen LogP contribution is -2.73. The van der Waals surface area contributed by atoms with Crippen molar-refractivity contribution in [2.75, 3.05) is 13.7 Å². The molecule has 1 aromatic carbocycles. The highest BCUT2D eigenvalue weighted by atomic mass is 19.1. The number of hydrogen-bond donors (Lipinski definition) is 1. The third-order valence-corrected chi connectivity index (χ3v) is 7.98. The fraction of sp³-hybridized carbons (Fsp3) is 0.731. The Morgan fingerprint density at radius 1 is 1.20 bits per heavy atom. The van der Waals surface area contributed by atoms with Crippen LogP contribution in [0.15, 0.2) is 18.2 Å². The molecular formula is C26H37F2NO6. The first-order chi connectivity index (χ1) is 16.2. The fourth-order valence-corrected chi connectivity index (χ4v) is 5.66. The molecule has 2 heterocycles. The molecule has 6 unspecified atom stereocenters. The highest BCUT2D eigenvalue weighted by Gasteiger charge is 2.69. The van der Waals surface area contributed by atoms with Gasteiger partial charge in [0.25, 0.3) is 0 Å². The molecule has 35 heavy (non-hydrogen) atoms. The molecule has 4 rings (SSSR count). The Bertz CT molecular complexity index is 959. The molecule has 1 amide bonds. The second kappa shape index (κ2) is 8.64. The molecule has 7 nitrogen and oxygen atoms in total. The van der Waals surface area contributed by atoms with Gasteiger partial charge in [-0.1, -0.05) is 6.92 Å². The number of aliphatic hydroxyl groups is 1. The molecular weight excluding hydrogens is 460 g/mol. The van der Waals surface area contributed by atoms with Crippen molar-refractivity contribution >= 4 is 6.09 Å². The van der Waals surface area contributed by atoms with E-state index in [1.54, 1.807) is 32.6 Å². The monoisotopic (exact) mass is 497 g/mol. The van der Waals surface area contributed by atoms with Crippen molar-refractivity contribution in [1.29, 1.82) is 0 Å². The third-order valence-electron chi connectivity index (χ3n) is 7.98. The summed E-state index contributed by atoms with van der Waals surface area (Å²) in [7, 11) is 1.54. The van der Waals surface area contributed by atoms with Crippen LogP contribution in [0, 0.1) is 17.6 Å². The van der Waals surface area contributed by atoms with Gasteiger partial charge < -0.3 is 24.1 Å². The number of piperidine rings is 1. The summed E-state index contributed by atoms with van der Waals surface area (Å²) in [4.78, 5) is 15.0. The van der Waals surface area contributed by atoms with Gasteiger partial charge in [0.2, 0.25) is 0 Å². The molecule has 0 radical (unpaired) electrons. The number of likely N-dealkylation sites (tertiary alicyclic amines) is 1. The van der Waals surface area contributed by atoms with Gasteiger partial charge in [0.15, 0.2) is 5.79 Å². The van der Waals surface area contributed by atoms with E-state index >= 15 is 0 Å². The van der Waals surface area contributed by atoms with E-state index in [1.165, 1.54) is 7.11 Å². The van der Waals surface area contributed by atoms with Crippen LogP contribution in [0.3, 0.4) is 0 Å². The van der Waals surface area contributed by atoms with Crippen molar-refractivity contribution in [2.45, 2.75) is 102 Å². The van der Waals surface area contributed by atoms with E-state index in [1.807, 2.05) is 13.8 Å². The van der Waals surface area contributed by atoms with E-state index < -0.39 is 64.5 Å². The summed E-state index contributed by atoms with van der Waals surface area (Å²) in [6.45, 7) is 11.2. The normalized spacial score (nSPS) is 34.9. The fourth-order valence-electron chi connectivity index (χ4n) is 5.66. The van der Waals surface area contributed by atoms with E-state index in [9.17, 15) is 18.7 Å². The zero-order valence-corrected chi connectivity index (χ0v) is 21.6. The minimum atomic E-state index is -1.31. The van der Waals surface area contributed by atoms with E-state index in [-0.39, 0.29) is 12.1 Å². The zero-order valence-electron chi connectivity index (χ0n) is 21.6. The Hall–Kier alpha value is -1.81. The molecule has 1 aromatic rings. The molecule has 3 aliphatic rings. The lowest BCUT2D eigenvalue weighted by atomic mass is 9.75. The number of carbonyl (C=O) groups excluding carboxylic acids is 1. The minimum Gasteiger partial charge on any atom is -0.444 e. The number of ether oxygens (including phenoxy) is 4. The standard InChI is InChI=1S/C26H37F2NO6/c1-8-24(5)25(6,32-7)33-18-14-29(22(31)35-23(2,3)4)26(9-10-26)19(21(18)34-24)20(30)15-11-16(27)13-17(28)12-15/h11-13,18-21,30H,8-10,14H2,1-7H3. The Balaban J connectivity index is 1.79. The van der Waals surface area contributed by atoms with Gasteiger partial charge >= 0.3 is 6.09 Å². The predicted octanol–water partition coefficient (Wildman–Crippen LogP) is 4.71. The smallest absolute Gasteiger partial charge is 0.410 e. The van der Waals surface area contributed by atoms with Crippen molar-refractivity contribution in [3.8, 4) is 0 Å². The number of methoxy groups -OCH3 is 1. The highest BCUT2D eigenvalue weighted by Crippen LogP contribution is 2.59. The molecule has 1 N–H and O–H groups in total. The van der Waals surface area contributed by atoms with Crippen molar-refractivity contribution in [3.63, 3.8) is 0 Å². The molecule has 196 valence electrons. The number of aliphatic hydroxyl groups excluding tert-OH is 1. The first kappa shape index (κ1) is 26.3. The number of halogens is 2. The van der Waals surface area contributed by atoms with E-state index in [0.29, 0.717) is 19.3 Å². The van der Waals surface area contributed by atoms with Gasteiger partial charge in [-0.3, -0.25) is 4.90 Å². The predicted molar refractivity (Wildman–Crippen MR) is 124 cm³/mol. The molecule has 2 aliphatic heterocycles. The van der Waals surface area contributed by atoms with Crippen LogP contribution >= 0.6 is 0 Å². The molecule has 2 saturated heterocycles. The number of rotatable bonds is 4. The molecule has 1 aliphatic carbocycles. The van der Waals surface area contributed by atoms with Crippen molar-refractivity contribution < 1.29 is 37.6 Å². The highest BCUT2D eigenvalue weighted by molar-refractivity contribution is 5.70. The number of carbonyl (C=O) groups is 1. The van der Waals surface area contributed by atoms with E-state index in [0.717, 1.165) is 18.2 Å². The van der Waals surface area contributed by atoms with Crippen molar-refractivity contribution in [1.82, 2.24) is 4.90 Å². The van der Waals surface area contributed by atoms with Crippen LogP contribution in [0.5, 0.6) is 0 Å². The Kier molecular flexibility index (Phi) is 6.48. The van der Waals surface area contributed by atoms with Gasteiger partial charge in [-0.15, -0.1) is 0 Å². The first-order valence-electron chi connectivity index (χ1n) is 12.2. The summed E-state index contributed by atoms with van der Waals surface area (Å²) in [5.74, 6) is -3.39. The van der Waals surface area contributed by atoms with Gasteiger partial charge in [0, 0.05) is 19.1 Å². The van der Waals surface area contributed by atoms with E-state index in [2.05, 4.69) is 0 Å². The zero-order chi connectivity index (χ0) is 26.0. The summed E-state index contributed by atoms with van der Waals surface area (Å²) >= 11 is 0. The van der Waals surface area contributed by atoms with Crippen LogP contribution in [0.25, 0.3) is 0 Å². The van der Waals surface area contributed by atoms with E-state index in [4.69, 9.17) is 18.9 Å². The lowest BCUT2D eigenvalue weighted by molar-refractivity contribution is -0.404. The first-order valence-corrected chi connectivity index (χ1v) is 12.2. The minimum absolute atomic E-state index is 0.0884. The van der Waals surface area contributed by atoms with Crippen LogP contribution in [0.4, 0.5) is 13.6 Å². The lowest BCUT2D eigenvalue weighted by Gasteiger charge is -2.60. The van der Waals surface area contributed by atoms with Crippen LogP contribution in [0.1, 0.15) is 72.5 Å². The topological polar surface area (TPSA) is 77.5 Å². The summed E-state index contributed by atoms with van der Waals surface area (Å²) in [5.41, 5.74) is -2.29. The Morgan fingerprint density at radius 2 is 1.80 bits per heavy atom. The van der Waals surface area contributed by atoms with Gasteiger partial charge in [-0.2, -0.15) is 0 Å². The summed E-state index contributed by atoms with van der Waals surface area (Å²) in [6, 6.07) is 3.00.